The first-order chi connectivity index (χ1) is 13.1. The number of benzene rings is 1. The Morgan fingerprint density at radius 1 is 1.11 bits per heavy atom. The standard InChI is InChI=1S/C19H19F2N5O/c1-13-11-25(7-8-26(13)17-6-5-16(21)10-22-17)12-18-23-24-19(27-18)14-3-2-4-15(20)9-14/h2-6,9-10,13H,7-8,11-12H2,1H3. The van der Waals surface area contributed by atoms with Gasteiger partial charge in [0.2, 0.25) is 11.8 Å². The normalized spacial score (nSPS) is 18.0. The van der Waals surface area contributed by atoms with Crippen molar-refractivity contribution in [3.63, 3.8) is 0 Å². The number of pyridine rings is 1. The van der Waals surface area contributed by atoms with Crippen LogP contribution in [-0.4, -0.2) is 45.8 Å². The van der Waals surface area contributed by atoms with Crippen molar-refractivity contribution in [3.05, 3.63) is 60.1 Å². The van der Waals surface area contributed by atoms with Crippen LogP contribution in [0.25, 0.3) is 11.5 Å². The van der Waals surface area contributed by atoms with E-state index in [1.165, 1.54) is 24.4 Å². The van der Waals surface area contributed by atoms with Crippen LogP contribution in [0.3, 0.4) is 0 Å². The second-order valence-electron chi connectivity index (χ2n) is 6.62. The lowest BCUT2D eigenvalue weighted by Crippen LogP contribution is -2.51. The van der Waals surface area contributed by atoms with Crippen molar-refractivity contribution in [1.82, 2.24) is 20.1 Å². The number of hydrogen-bond acceptors (Lipinski definition) is 6. The SMILES string of the molecule is CC1CN(Cc2nnc(-c3cccc(F)c3)o2)CCN1c1ccc(F)cn1. The highest BCUT2D eigenvalue weighted by Gasteiger charge is 2.26. The fraction of sp³-hybridized carbons (Fsp3) is 0.316. The zero-order valence-electron chi connectivity index (χ0n) is 14.8. The van der Waals surface area contributed by atoms with Gasteiger partial charge in [0.1, 0.15) is 17.5 Å². The smallest absolute Gasteiger partial charge is 0.247 e. The highest BCUT2D eigenvalue weighted by Crippen LogP contribution is 2.22. The van der Waals surface area contributed by atoms with Gasteiger partial charge < -0.3 is 9.32 Å². The molecule has 140 valence electrons. The summed E-state index contributed by atoms with van der Waals surface area (Å²) in [7, 11) is 0. The average molecular weight is 371 g/mol. The fourth-order valence-electron chi connectivity index (χ4n) is 3.30. The van der Waals surface area contributed by atoms with Crippen molar-refractivity contribution in [1.29, 1.82) is 0 Å². The van der Waals surface area contributed by atoms with Crippen LogP contribution in [0.1, 0.15) is 12.8 Å². The lowest BCUT2D eigenvalue weighted by Gasteiger charge is -2.40. The van der Waals surface area contributed by atoms with E-state index < -0.39 is 0 Å². The van der Waals surface area contributed by atoms with Gasteiger partial charge in [-0.2, -0.15) is 0 Å². The van der Waals surface area contributed by atoms with E-state index >= 15 is 0 Å². The molecule has 1 aliphatic heterocycles. The minimum atomic E-state index is -0.341. The van der Waals surface area contributed by atoms with Gasteiger partial charge in [0.25, 0.3) is 0 Å². The van der Waals surface area contributed by atoms with Gasteiger partial charge in [0.05, 0.1) is 12.7 Å². The van der Waals surface area contributed by atoms with Crippen LogP contribution in [0.5, 0.6) is 0 Å². The molecule has 0 saturated carbocycles. The molecule has 0 radical (unpaired) electrons. The van der Waals surface area contributed by atoms with Gasteiger partial charge >= 0.3 is 0 Å². The Morgan fingerprint density at radius 3 is 2.74 bits per heavy atom. The molecule has 1 fully saturated rings. The largest absolute Gasteiger partial charge is 0.419 e. The van der Waals surface area contributed by atoms with E-state index in [4.69, 9.17) is 4.42 Å². The van der Waals surface area contributed by atoms with Gasteiger partial charge in [-0.1, -0.05) is 6.07 Å². The molecule has 27 heavy (non-hydrogen) atoms. The summed E-state index contributed by atoms with van der Waals surface area (Å²) in [4.78, 5) is 8.54. The van der Waals surface area contributed by atoms with E-state index in [9.17, 15) is 8.78 Å². The molecule has 1 aliphatic rings. The average Bonchev–Trinajstić information content (AvgIpc) is 3.11. The van der Waals surface area contributed by atoms with Crippen LogP contribution in [0.15, 0.2) is 47.0 Å². The molecule has 3 heterocycles. The Kier molecular flexibility index (Phi) is 4.81. The van der Waals surface area contributed by atoms with Crippen LogP contribution in [0, 0.1) is 11.6 Å². The highest BCUT2D eigenvalue weighted by molar-refractivity contribution is 5.52. The van der Waals surface area contributed by atoms with E-state index in [0.717, 1.165) is 25.5 Å². The number of nitrogens with zero attached hydrogens (tertiary/aromatic N) is 5. The van der Waals surface area contributed by atoms with E-state index in [1.54, 1.807) is 18.2 Å². The summed E-state index contributed by atoms with van der Waals surface area (Å²) in [5, 5.41) is 8.10. The first-order valence-corrected chi connectivity index (χ1v) is 8.77. The summed E-state index contributed by atoms with van der Waals surface area (Å²) >= 11 is 0. The van der Waals surface area contributed by atoms with E-state index in [0.29, 0.717) is 23.9 Å². The monoisotopic (exact) mass is 371 g/mol. The van der Waals surface area contributed by atoms with Crippen LogP contribution in [0.2, 0.25) is 0 Å². The zero-order valence-corrected chi connectivity index (χ0v) is 14.8. The van der Waals surface area contributed by atoms with Crippen molar-refractivity contribution in [2.45, 2.75) is 19.5 Å². The number of halogens is 2. The molecule has 0 spiro atoms. The Morgan fingerprint density at radius 2 is 2.00 bits per heavy atom. The molecule has 1 unspecified atom stereocenters. The van der Waals surface area contributed by atoms with Crippen LogP contribution >= 0.6 is 0 Å². The fourth-order valence-corrected chi connectivity index (χ4v) is 3.30. The summed E-state index contributed by atoms with van der Waals surface area (Å²) < 4.78 is 32.1. The maximum absolute atomic E-state index is 13.3. The zero-order chi connectivity index (χ0) is 18.8. The number of piperazine rings is 1. The molecule has 3 aromatic rings. The summed E-state index contributed by atoms with van der Waals surface area (Å²) in [6.45, 7) is 4.98. The van der Waals surface area contributed by atoms with E-state index in [1.807, 2.05) is 0 Å². The first kappa shape index (κ1) is 17.5. The third kappa shape index (κ3) is 3.95. The molecule has 0 aliphatic carbocycles. The molecule has 0 bridgehead atoms. The predicted molar refractivity (Wildman–Crippen MR) is 96.0 cm³/mol. The Balaban J connectivity index is 1.39. The molecular formula is C19H19F2N5O. The molecule has 4 rings (SSSR count). The highest BCUT2D eigenvalue weighted by atomic mass is 19.1. The third-order valence-corrected chi connectivity index (χ3v) is 4.61. The van der Waals surface area contributed by atoms with Gasteiger partial charge in [-0.05, 0) is 37.3 Å². The van der Waals surface area contributed by atoms with E-state index in [-0.39, 0.29) is 17.7 Å². The van der Waals surface area contributed by atoms with Gasteiger partial charge in [0.15, 0.2) is 0 Å². The minimum absolute atomic E-state index is 0.210. The van der Waals surface area contributed by atoms with Crippen molar-refractivity contribution >= 4 is 5.82 Å². The van der Waals surface area contributed by atoms with Crippen molar-refractivity contribution in [2.24, 2.45) is 0 Å². The minimum Gasteiger partial charge on any atom is -0.419 e. The quantitative estimate of drug-likeness (QED) is 0.702. The number of aromatic nitrogens is 3. The van der Waals surface area contributed by atoms with E-state index in [2.05, 4.69) is 31.9 Å². The molecule has 2 aromatic heterocycles. The van der Waals surface area contributed by atoms with Crippen molar-refractivity contribution in [2.75, 3.05) is 24.5 Å². The lowest BCUT2D eigenvalue weighted by atomic mass is 10.2. The maximum atomic E-state index is 13.3. The Labute approximate surface area is 155 Å². The molecule has 0 N–H and O–H groups in total. The van der Waals surface area contributed by atoms with Crippen molar-refractivity contribution in [3.8, 4) is 11.5 Å². The second kappa shape index (κ2) is 7.40. The molecular weight excluding hydrogens is 352 g/mol. The molecule has 1 saturated heterocycles. The lowest BCUT2D eigenvalue weighted by molar-refractivity contribution is 0.202. The Bertz CT molecular complexity index is 914. The summed E-state index contributed by atoms with van der Waals surface area (Å²) in [5.74, 6) is 0.901. The summed E-state index contributed by atoms with van der Waals surface area (Å²) in [6, 6.07) is 9.42. The maximum Gasteiger partial charge on any atom is 0.247 e. The van der Waals surface area contributed by atoms with Gasteiger partial charge in [0, 0.05) is 31.2 Å². The second-order valence-corrected chi connectivity index (χ2v) is 6.62. The molecule has 6 nitrogen and oxygen atoms in total. The molecule has 0 amide bonds. The Hall–Kier alpha value is -2.87. The van der Waals surface area contributed by atoms with Crippen LogP contribution in [0.4, 0.5) is 14.6 Å². The number of anilines is 1. The summed E-state index contributed by atoms with van der Waals surface area (Å²) in [5.41, 5.74) is 0.564. The molecule has 1 aromatic carbocycles. The van der Waals surface area contributed by atoms with Gasteiger partial charge in [-0.15, -0.1) is 10.2 Å². The van der Waals surface area contributed by atoms with Gasteiger partial charge in [-0.25, -0.2) is 13.8 Å². The third-order valence-electron chi connectivity index (χ3n) is 4.61. The number of rotatable bonds is 4. The van der Waals surface area contributed by atoms with Crippen molar-refractivity contribution < 1.29 is 13.2 Å². The molecule has 1 atom stereocenters. The number of hydrogen-bond donors (Lipinski definition) is 0. The van der Waals surface area contributed by atoms with Crippen LogP contribution < -0.4 is 4.90 Å². The van der Waals surface area contributed by atoms with Gasteiger partial charge in [-0.3, -0.25) is 4.90 Å². The predicted octanol–water partition coefficient (Wildman–Crippen LogP) is 3.12. The first-order valence-electron chi connectivity index (χ1n) is 8.77. The van der Waals surface area contributed by atoms with Crippen LogP contribution in [-0.2, 0) is 6.54 Å². The summed E-state index contributed by atoms with van der Waals surface area (Å²) in [6.07, 6.45) is 1.24. The topological polar surface area (TPSA) is 58.3 Å². The molecule has 8 heteroatoms.